The Hall–Kier alpha value is -4.19. The molecule has 0 aliphatic rings. The lowest BCUT2D eigenvalue weighted by atomic mass is 10.0. The molecule has 194 valence electrons. The fraction of sp³-hybridized carbons (Fsp3) is 0.160. The minimum absolute atomic E-state index is 0.190. The number of nitrogens with one attached hydrogen (secondary N) is 3. The van der Waals surface area contributed by atoms with Gasteiger partial charge in [0, 0.05) is 23.1 Å². The number of ether oxygens (including phenoxy) is 2. The van der Waals surface area contributed by atoms with Gasteiger partial charge in [-0.25, -0.2) is 13.2 Å². The fourth-order valence-electron chi connectivity index (χ4n) is 3.59. The van der Waals surface area contributed by atoms with E-state index in [1.54, 1.807) is 12.1 Å². The van der Waals surface area contributed by atoms with E-state index in [0.29, 0.717) is 23.0 Å². The normalized spacial score (nSPS) is 11.8. The Labute approximate surface area is 210 Å². The molecule has 0 bridgehead atoms. The maximum atomic E-state index is 12.9. The number of benzene rings is 3. The van der Waals surface area contributed by atoms with E-state index in [2.05, 4.69) is 19.8 Å². The zero-order valence-corrected chi connectivity index (χ0v) is 20.2. The lowest BCUT2D eigenvalue weighted by Crippen LogP contribution is -2.27. The predicted octanol–water partition coefficient (Wildman–Crippen LogP) is 6.03. The molecule has 12 heteroatoms. The van der Waals surface area contributed by atoms with Gasteiger partial charge >= 0.3 is 12.5 Å². The number of carbonyl (C=O) groups excluding carboxylic acids is 1. The van der Waals surface area contributed by atoms with Crippen LogP contribution in [0.2, 0.25) is 0 Å². The van der Waals surface area contributed by atoms with Crippen LogP contribution in [0.1, 0.15) is 13.3 Å². The third-order valence-corrected chi connectivity index (χ3v) is 6.56. The van der Waals surface area contributed by atoms with Crippen molar-refractivity contribution < 1.29 is 35.9 Å². The van der Waals surface area contributed by atoms with Crippen LogP contribution in [0, 0.1) is 0 Å². The Kier molecular flexibility index (Phi) is 7.30. The summed E-state index contributed by atoms with van der Waals surface area (Å²) in [6.45, 7) is 2.35. The second-order valence-electron chi connectivity index (χ2n) is 7.90. The van der Waals surface area contributed by atoms with Gasteiger partial charge in [-0.15, -0.1) is 13.2 Å². The summed E-state index contributed by atoms with van der Waals surface area (Å²) in [4.78, 5) is 15.0. The largest absolute Gasteiger partial charge is 0.573 e. The average molecular weight is 534 g/mol. The highest BCUT2D eigenvalue weighted by molar-refractivity contribution is 7.92. The third kappa shape index (κ3) is 6.33. The number of alkyl halides is 3. The number of hydrogen-bond donors (Lipinski definition) is 3. The monoisotopic (exact) mass is 533 g/mol. The average Bonchev–Trinajstić information content (AvgIpc) is 3.19. The number of sulfonamides is 1. The molecule has 0 atom stereocenters. The molecule has 4 aromatic rings. The van der Waals surface area contributed by atoms with E-state index in [0.717, 1.165) is 36.2 Å². The van der Waals surface area contributed by atoms with Crippen LogP contribution in [-0.2, 0) is 10.0 Å². The number of rotatable bonds is 8. The van der Waals surface area contributed by atoms with Gasteiger partial charge in [0.2, 0.25) is 5.88 Å². The van der Waals surface area contributed by atoms with E-state index < -0.39 is 28.2 Å². The Morgan fingerprint density at radius 3 is 2.35 bits per heavy atom. The van der Waals surface area contributed by atoms with Crippen molar-refractivity contribution in [1.82, 2.24) is 10.3 Å². The van der Waals surface area contributed by atoms with Crippen molar-refractivity contribution in [1.29, 1.82) is 0 Å². The van der Waals surface area contributed by atoms with Crippen LogP contribution in [-0.4, -0.2) is 32.4 Å². The van der Waals surface area contributed by atoms with Crippen LogP contribution in [0.5, 0.6) is 11.6 Å². The predicted molar refractivity (Wildman–Crippen MR) is 132 cm³/mol. The molecule has 0 saturated heterocycles. The van der Waals surface area contributed by atoms with Crippen molar-refractivity contribution in [2.45, 2.75) is 24.6 Å². The summed E-state index contributed by atoms with van der Waals surface area (Å²) in [5.41, 5.74) is 2.07. The number of H-pyrrole nitrogens is 1. The van der Waals surface area contributed by atoms with E-state index in [4.69, 9.17) is 4.74 Å². The highest BCUT2D eigenvalue weighted by Crippen LogP contribution is 2.39. The molecule has 0 fully saturated rings. The number of amides is 1. The number of carbonyl (C=O) groups is 1. The van der Waals surface area contributed by atoms with Crippen LogP contribution in [0.25, 0.3) is 22.0 Å². The molecule has 8 nitrogen and oxygen atoms in total. The molecule has 0 saturated carbocycles. The molecule has 1 heterocycles. The smallest absolute Gasteiger partial charge is 0.406 e. The second kappa shape index (κ2) is 10.4. The molecular formula is C25H22F3N3O5S. The Morgan fingerprint density at radius 1 is 1.00 bits per heavy atom. The SMILES string of the molecule is CCCNC(=O)Oc1[nH]c2ccc(NS(=O)(=O)c3ccc(OC(F)(F)F)cc3)cc2c1-c1ccccc1. The van der Waals surface area contributed by atoms with Gasteiger partial charge in [-0.1, -0.05) is 37.3 Å². The summed E-state index contributed by atoms with van der Waals surface area (Å²) >= 11 is 0. The van der Waals surface area contributed by atoms with Crippen molar-refractivity contribution in [3.63, 3.8) is 0 Å². The molecule has 3 aromatic carbocycles. The Balaban J connectivity index is 1.67. The second-order valence-corrected chi connectivity index (χ2v) is 9.58. The summed E-state index contributed by atoms with van der Waals surface area (Å²) in [6.07, 6.45) is -4.79. The summed E-state index contributed by atoms with van der Waals surface area (Å²) in [5, 5.41) is 3.22. The highest BCUT2D eigenvalue weighted by Gasteiger charge is 2.31. The molecular weight excluding hydrogens is 511 g/mol. The third-order valence-electron chi connectivity index (χ3n) is 5.16. The first-order chi connectivity index (χ1) is 17.6. The molecule has 4 rings (SSSR count). The van der Waals surface area contributed by atoms with Crippen molar-refractivity contribution in [2.24, 2.45) is 0 Å². The molecule has 37 heavy (non-hydrogen) atoms. The van der Waals surface area contributed by atoms with E-state index >= 15 is 0 Å². The maximum Gasteiger partial charge on any atom is 0.573 e. The van der Waals surface area contributed by atoms with Crippen molar-refractivity contribution in [3.05, 3.63) is 72.8 Å². The van der Waals surface area contributed by atoms with Crippen LogP contribution < -0.4 is 19.5 Å². The maximum absolute atomic E-state index is 12.9. The number of anilines is 1. The first kappa shape index (κ1) is 25.9. The number of fused-ring (bicyclic) bond motifs is 1. The first-order valence-corrected chi connectivity index (χ1v) is 12.6. The molecule has 0 aliphatic carbocycles. The molecule has 1 amide bonds. The molecule has 3 N–H and O–H groups in total. The van der Waals surface area contributed by atoms with Crippen LogP contribution >= 0.6 is 0 Å². The van der Waals surface area contributed by atoms with Crippen molar-refractivity contribution in [3.8, 4) is 22.8 Å². The van der Waals surface area contributed by atoms with Gasteiger partial charge in [0.1, 0.15) is 5.75 Å². The minimum atomic E-state index is -4.89. The van der Waals surface area contributed by atoms with Gasteiger partial charge in [0.05, 0.1) is 10.5 Å². The van der Waals surface area contributed by atoms with Crippen LogP contribution in [0.4, 0.5) is 23.7 Å². The van der Waals surface area contributed by atoms with Gasteiger partial charge in [0.25, 0.3) is 10.0 Å². The first-order valence-electron chi connectivity index (χ1n) is 11.1. The molecule has 1 aromatic heterocycles. The number of aromatic amines is 1. The zero-order chi connectivity index (χ0) is 26.6. The Morgan fingerprint density at radius 2 is 1.70 bits per heavy atom. The van der Waals surface area contributed by atoms with Crippen LogP contribution in [0.15, 0.2) is 77.7 Å². The lowest BCUT2D eigenvalue weighted by molar-refractivity contribution is -0.274. The molecule has 0 spiro atoms. The topological polar surface area (TPSA) is 110 Å². The van der Waals surface area contributed by atoms with Crippen LogP contribution in [0.3, 0.4) is 0 Å². The van der Waals surface area contributed by atoms with Crippen molar-refractivity contribution in [2.75, 3.05) is 11.3 Å². The quantitative estimate of drug-likeness (QED) is 0.256. The van der Waals surface area contributed by atoms with Gasteiger partial charge in [0.15, 0.2) is 0 Å². The minimum Gasteiger partial charge on any atom is -0.406 e. The van der Waals surface area contributed by atoms with E-state index in [-0.39, 0.29) is 16.5 Å². The highest BCUT2D eigenvalue weighted by atomic mass is 32.2. The van der Waals surface area contributed by atoms with E-state index in [1.165, 1.54) is 6.07 Å². The summed E-state index contributed by atoms with van der Waals surface area (Å²) in [7, 11) is -4.13. The summed E-state index contributed by atoms with van der Waals surface area (Å²) < 4.78 is 74.6. The van der Waals surface area contributed by atoms with E-state index in [1.807, 2.05) is 37.3 Å². The van der Waals surface area contributed by atoms with Gasteiger partial charge in [-0.2, -0.15) is 0 Å². The van der Waals surface area contributed by atoms with E-state index in [9.17, 15) is 26.4 Å². The number of halogens is 3. The standard InChI is InChI=1S/C25H22F3N3O5S/c1-2-14-29-24(32)35-23-22(16-6-4-3-5-7-16)20-15-17(8-13-21(20)30-23)31-37(33,34)19-11-9-18(10-12-19)36-25(26,27)28/h3-13,15,30-31H,2,14H2,1H3,(H,29,32). The lowest BCUT2D eigenvalue weighted by Gasteiger charge is -2.11. The molecule has 0 radical (unpaired) electrons. The summed E-state index contributed by atoms with van der Waals surface area (Å²) in [6, 6.07) is 17.6. The molecule has 0 unspecified atom stereocenters. The zero-order valence-electron chi connectivity index (χ0n) is 19.4. The summed E-state index contributed by atoms with van der Waals surface area (Å²) in [5.74, 6) is -0.349. The van der Waals surface area contributed by atoms with Gasteiger partial charge in [-0.3, -0.25) is 4.72 Å². The van der Waals surface area contributed by atoms with Gasteiger partial charge < -0.3 is 19.8 Å². The van der Waals surface area contributed by atoms with Gasteiger partial charge in [-0.05, 0) is 54.4 Å². The fourth-order valence-corrected chi connectivity index (χ4v) is 4.64. The van der Waals surface area contributed by atoms with Crippen molar-refractivity contribution >= 4 is 32.7 Å². The molecule has 0 aliphatic heterocycles. The number of hydrogen-bond acceptors (Lipinski definition) is 5. The Bertz CT molecular complexity index is 1500. The number of aromatic nitrogens is 1.